The molecular formula is C16H21N7S. The molecule has 0 aliphatic rings. The first-order valence-corrected chi connectivity index (χ1v) is 8.72. The van der Waals surface area contributed by atoms with Gasteiger partial charge in [0.25, 0.3) is 0 Å². The molecule has 0 atom stereocenters. The molecule has 0 unspecified atom stereocenters. The largest absolute Gasteiger partial charge is 0.354 e. The van der Waals surface area contributed by atoms with Crippen LogP contribution in [0, 0.1) is 6.92 Å². The van der Waals surface area contributed by atoms with Crippen molar-refractivity contribution in [2.24, 2.45) is 0 Å². The molecule has 0 aliphatic heterocycles. The van der Waals surface area contributed by atoms with E-state index in [1.807, 2.05) is 25.9 Å². The summed E-state index contributed by atoms with van der Waals surface area (Å²) in [6.45, 7) is 5.71. The summed E-state index contributed by atoms with van der Waals surface area (Å²) >= 11 is 1.61. The fourth-order valence-corrected chi connectivity index (χ4v) is 3.41. The topological polar surface area (TPSA) is 70.9 Å². The molecule has 0 amide bonds. The van der Waals surface area contributed by atoms with E-state index in [0.717, 1.165) is 45.6 Å². The summed E-state index contributed by atoms with van der Waals surface area (Å²) < 4.78 is 1.01. The van der Waals surface area contributed by atoms with Crippen LogP contribution in [0.15, 0.2) is 18.7 Å². The zero-order chi connectivity index (χ0) is 17.1. The van der Waals surface area contributed by atoms with Crippen molar-refractivity contribution >= 4 is 32.6 Å². The quantitative estimate of drug-likeness (QED) is 0.681. The second kappa shape index (κ2) is 7.04. The first-order valence-electron chi connectivity index (χ1n) is 7.90. The summed E-state index contributed by atoms with van der Waals surface area (Å²) in [4.78, 5) is 26.5. The summed E-state index contributed by atoms with van der Waals surface area (Å²) in [6.07, 6.45) is 6.06. The third-order valence-corrected chi connectivity index (χ3v) is 4.87. The molecule has 0 bridgehead atoms. The van der Waals surface area contributed by atoms with Crippen molar-refractivity contribution in [2.45, 2.75) is 26.8 Å². The van der Waals surface area contributed by atoms with Gasteiger partial charge < -0.3 is 9.80 Å². The number of fused-ring (bicyclic) bond motifs is 1. The van der Waals surface area contributed by atoms with E-state index in [1.54, 1.807) is 30.1 Å². The van der Waals surface area contributed by atoms with Crippen LogP contribution in [0.3, 0.4) is 0 Å². The molecule has 0 spiro atoms. The molecule has 3 aromatic rings. The van der Waals surface area contributed by atoms with Crippen LogP contribution in [0.5, 0.6) is 0 Å². The van der Waals surface area contributed by atoms with Crippen molar-refractivity contribution in [2.75, 3.05) is 30.4 Å². The SMILES string of the molecule is CCCN(Cc1nccnc1C)c1ncnc2nc(N(C)C)sc12. The Morgan fingerprint density at radius 3 is 2.58 bits per heavy atom. The Bertz CT molecular complexity index is 830. The highest BCUT2D eigenvalue weighted by Crippen LogP contribution is 2.33. The van der Waals surface area contributed by atoms with Crippen LogP contribution in [0.25, 0.3) is 10.3 Å². The van der Waals surface area contributed by atoms with E-state index >= 15 is 0 Å². The van der Waals surface area contributed by atoms with E-state index in [2.05, 4.69) is 36.7 Å². The van der Waals surface area contributed by atoms with Crippen LogP contribution in [0.4, 0.5) is 10.9 Å². The van der Waals surface area contributed by atoms with Crippen molar-refractivity contribution in [1.29, 1.82) is 0 Å². The van der Waals surface area contributed by atoms with Crippen LogP contribution < -0.4 is 9.80 Å². The highest BCUT2D eigenvalue weighted by Gasteiger charge is 2.18. The molecule has 3 rings (SSSR count). The van der Waals surface area contributed by atoms with E-state index in [0.29, 0.717) is 6.54 Å². The van der Waals surface area contributed by atoms with Gasteiger partial charge in [0.1, 0.15) is 11.0 Å². The van der Waals surface area contributed by atoms with Crippen LogP contribution in [-0.4, -0.2) is 45.6 Å². The maximum absolute atomic E-state index is 4.58. The van der Waals surface area contributed by atoms with Gasteiger partial charge in [0.2, 0.25) is 0 Å². The molecule has 0 saturated heterocycles. The molecule has 126 valence electrons. The Morgan fingerprint density at radius 2 is 1.88 bits per heavy atom. The summed E-state index contributed by atoms with van der Waals surface area (Å²) in [7, 11) is 3.97. The lowest BCUT2D eigenvalue weighted by Crippen LogP contribution is -2.25. The van der Waals surface area contributed by atoms with Gasteiger partial charge in [0, 0.05) is 33.0 Å². The van der Waals surface area contributed by atoms with Crippen LogP contribution in [0.1, 0.15) is 24.7 Å². The Labute approximate surface area is 145 Å². The molecule has 3 aromatic heterocycles. The number of aromatic nitrogens is 5. The molecule has 3 heterocycles. The molecule has 0 saturated carbocycles. The van der Waals surface area contributed by atoms with Crippen LogP contribution in [0.2, 0.25) is 0 Å². The number of hydrogen-bond acceptors (Lipinski definition) is 8. The Balaban J connectivity index is 2.02. The number of nitrogens with zero attached hydrogens (tertiary/aromatic N) is 7. The molecule has 0 aliphatic carbocycles. The van der Waals surface area contributed by atoms with E-state index in [-0.39, 0.29) is 0 Å². The molecular weight excluding hydrogens is 322 g/mol. The van der Waals surface area contributed by atoms with Gasteiger partial charge in [0.15, 0.2) is 16.6 Å². The predicted octanol–water partition coefficient (Wildman–Crippen LogP) is 2.67. The molecule has 0 radical (unpaired) electrons. The zero-order valence-corrected chi connectivity index (χ0v) is 15.2. The van der Waals surface area contributed by atoms with Crippen LogP contribution >= 0.6 is 11.3 Å². The normalized spacial score (nSPS) is 11.0. The number of anilines is 2. The Morgan fingerprint density at radius 1 is 1.08 bits per heavy atom. The predicted molar refractivity (Wildman–Crippen MR) is 97.6 cm³/mol. The lowest BCUT2D eigenvalue weighted by atomic mass is 10.3. The first-order chi connectivity index (χ1) is 11.6. The number of thiazole rings is 1. The number of aryl methyl sites for hydroxylation is 1. The van der Waals surface area contributed by atoms with Crippen molar-refractivity contribution in [3.63, 3.8) is 0 Å². The van der Waals surface area contributed by atoms with Gasteiger partial charge in [-0.1, -0.05) is 18.3 Å². The summed E-state index contributed by atoms with van der Waals surface area (Å²) in [5, 5.41) is 0.930. The summed E-state index contributed by atoms with van der Waals surface area (Å²) in [6, 6.07) is 0. The minimum atomic E-state index is 0.675. The van der Waals surface area contributed by atoms with Gasteiger partial charge in [-0.05, 0) is 13.3 Å². The monoisotopic (exact) mass is 343 g/mol. The minimum Gasteiger partial charge on any atom is -0.354 e. The maximum atomic E-state index is 4.58. The smallest absolute Gasteiger partial charge is 0.187 e. The zero-order valence-electron chi connectivity index (χ0n) is 14.4. The van der Waals surface area contributed by atoms with Gasteiger partial charge in [-0.3, -0.25) is 9.97 Å². The molecule has 8 heteroatoms. The molecule has 24 heavy (non-hydrogen) atoms. The van der Waals surface area contributed by atoms with Gasteiger partial charge in [-0.15, -0.1) is 0 Å². The fourth-order valence-electron chi connectivity index (χ4n) is 2.45. The van der Waals surface area contributed by atoms with Gasteiger partial charge in [0.05, 0.1) is 17.9 Å². The van der Waals surface area contributed by atoms with Crippen LogP contribution in [-0.2, 0) is 6.54 Å². The number of rotatable bonds is 6. The molecule has 7 nitrogen and oxygen atoms in total. The Hall–Kier alpha value is -2.35. The van der Waals surface area contributed by atoms with Crippen molar-refractivity contribution in [1.82, 2.24) is 24.9 Å². The van der Waals surface area contributed by atoms with E-state index < -0.39 is 0 Å². The third-order valence-electron chi connectivity index (χ3n) is 3.66. The average molecular weight is 343 g/mol. The molecule has 0 fully saturated rings. The second-order valence-corrected chi connectivity index (χ2v) is 6.73. The van der Waals surface area contributed by atoms with Gasteiger partial charge in [-0.2, -0.15) is 4.98 Å². The molecule has 0 N–H and O–H groups in total. The van der Waals surface area contributed by atoms with E-state index in [1.165, 1.54) is 0 Å². The number of hydrogen-bond donors (Lipinski definition) is 0. The summed E-state index contributed by atoms with van der Waals surface area (Å²) in [5.74, 6) is 0.914. The summed E-state index contributed by atoms with van der Waals surface area (Å²) in [5.41, 5.74) is 2.66. The van der Waals surface area contributed by atoms with Gasteiger partial charge >= 0.3 is 0 Å². The minimum absolute atomic E-state index is 0.675. The Kier molecular flexibility index (Phi) is 4.84. The van der Waals surface area contributed by atoms with E-state index in [9.17, 15) is 0 Å². The molecule has 0 aromatic carbocycles. The lowest BCUT2D eigenvalue weighted by molar-refractivity contribution is 0.736. The fraction of sp³-hybridized carbons (Fsp3) is 0.438. The van der Waals surface area contributed by atoms with Gasteiger partial charge in [-0.25, -0.2) is 9.97 Å². The highest BCUT2D eigenvalue weighted by atomic mass is 32.1. The van der Waals surface area contributed by atoms with Crippen molar-refractivity contribution in [3.05, 3.63) is 30.1 Å². The van der Waals surface area contributed by atoms with Crippen molar-refractivity contribution in [3.8, 4) is 0 Å². The maximum Gasteiger partial charge on any atom is 0.187 e. The third kappa shape index (κ3) is 3.28. The first kappa shape index (κ1) is 16.5. The van der Waals surface area contributed by atoms with Crippen molar-refractivity contribution < 1.29 is 0 Å². The average Bonchev–Trinajstić information content (AvgIpc) is 3.01. The highest BCUT2D eigenvalue weighted by molar-refractivity contribution is 7.22. The standard InChI is InChI=1S/C16H21N7S/c1-5-8-23(9-12-11(2)17-6-7-18-12)15-13-14(19-10-20-15)21-16(24-13)22(3)4/h6-7,10H,5,8-9H2,1-4H3. The second-order valence-electron chi connectivity index (χ2n) is 5.75. The lowest BCUT2D eigenvalue weighted by Gasteiger charge is -2.23. The van der Waals surface area contributed by atoms with E-state index in [4.69, 9.17) is 0 Å².